The van der Waals surface area contributed by atoms with Crippen LogP contribution in [0, 0.1) is 0 Å². The van der Waals surface area contributed by atoms with Crippen LogP contribution in [0.15, 0.2) is 23.1 Å². The van der Waals surface area contributed by atoms with Crippen molar-refractivity contribution in [3.63, 3.8) is 0 Å². The van der Waals surface area contributed by atoms with E-state index in [9.17, 15) is 8.42 Å². The van der Waals surface area contributed by atoms with E-state index in [0.717, 1.165) is 18.4 Å². The van der Waals surface area contributed by atoms with Crippen molar-refractivity contribution < 1.29 is 8.42 Å². The standard InChI is InChI=1S/C13H21ClN2O2S/c1-4-11(5-2)16-19(17,18)12-6-7-13(14)10(8-12)9-15-3/h6-8,11,15-16H,4-5,9H2,1-3H3. The molecule has 0 aliphatic carbocycles. The van der Waals surface area contributed by atoms with Crippen molar-refractivity contribution >= 4 is 21.6 Å². The van der Waals surface area contributed by atoms with Crippen LogP contribution in [-0.4, -0.2) is 21.5 Å². The van der Waals surface area contributed by atoms with Crippen LogP contribution in [0.5, 0.6) is 0 Å². The quantitative estimate of drug-likeness (QED) is 0.814. The van der Waals surface area contributed by atoms with Gasteiger partial charge in [0.05, 0.1) is 4.90 Å². The minimum atomic E-state index is -3.48. The van der Waals surface area contributed by atoms with Crippen LogP contribution in [0.25, 0.3) is 0 Å². The molecule has 0 amide bonds. The number of hydrogen-bond acceptors (Lipinski definition) is 3. The van der Waals surface area contributed by atoms with Crippen LogP contribution in [0.2, 0.25) is 5.02 Å². The van der Waals surface area contributed by atoms with Crippen molar-refractivity contribution in [3.8, 4) is 0 Å². The highest BCUT2D eigenvalue weighted by atomic mass is 35.5. The van der Waals surface area contributed by atoms with Gasteiger partial charge in [0.25, 0.3) is 0 Å². The van der Waals surface area contributed by atoms with Crippen molar-refractivity contribution in [1.29, 1.82) is 0 Å². The summed E-state index contributed by atoms with van der Waals surface area (Å²) in [7, 11) is -1.69. The molecule has 0 radical (unpaired) electrons. The fourth-order valence-electron chi connectivity index (χ4n) is 1.79. The fourth-order valence-corrected chi connectivity index (χ4v) is 3.42. The summed E-state index contributed by atoms with van der Waals surface area (Å²) >= 11 is 6.03. The molecular weight excluding hydrogens is 284 g/mol. The summed E-state index contributed by atoms with van der Waals surface area (Å²) in [4.78, 5) is 0.258. The number of rotatable bonds is 7. The lowest BCUT2D eigenvalue weighted by Gasteiger charge is -2.15. The van der Waals surface area contributed by atoms with E-state index >= 15 is 0 Å². The van der Waals surface area contributed by atoms with Crippen LogP contribution in [-0.2, 0) is 16.6 Å². The summed E-state index contributed by atoms with van der Waals surface area (Å²) in [6, 6.07) is 4.74. The zero-order valence-electron chi connectivity index (χ0n) is 11.5. The molecule has 0 heterocycles. The van der Waals surface area contributed by atoms with E-state index in [1.54, 1.807) is 19.2 Å². The van der Waals surface area contributed by atoms with Gasteiger partial charge < -0.3 is 5.32 Å². The van der Waals surface area contributed by atoms with Gasteiger partial charge in [-0.1, -0.05) is 25.4 Å². The van der Waals surface area contributed by atoms with Gasteiger partial charge in [-0.25, -0.2) is 13.1 Å². The molecule has 0 bridgehead atoms. The first-order valence-electron chi connectivity index (χ1n) is 6.40. The Hall–Kier alpha value is -0.620. The maximum atomic E-state index is 12.3. The Bertz CT molecular complexity index is 513. The molecule has 108 valence electrons. The minimum absolute atomic E-state index is 0.0339. The molecule has 0 saturated carbocycles. The average Bonchev–Trinajstić information content (AvgIpc) is 2.38. The molecule has 0 unspecified atom stereocenters. The van der Waals surface area contributed by atoms with E-state index in [0.29, 0.717) is 11.6 Å². The first kappa shape index (κ1) is 16.4. The second-order valence-corrected chi connectivity index (χ2v) is 6.54. The maximum Gasteiger partial charge on any atom is 0.240 e. The second kappa shape index (κ2) is 7.24. The molecule has 0 aliphatic rings. The summed E-state index contributed by atoms with van der Waals surface area (Å²) in [6.07, 6.45) is 1.54. The van der Waals surface area contributed by atoms with Crippen LogP contribution >= 0.6 is 11.6 Å². The first-order valence-corrected chi connectivity index (χ1v) is 8.26. The molecule has 19 heavy (non-hydrogen) atoms. The zero-order chi connectivity index (χ0) is 14.5. The Morgan fingerprint density at radius 3 is 2.42 bits per heavy atom. The maximum absolute atomic E-state index is 12.3. The average molecular weight is 305 g/mol. The normalized spacial score (nSPS) is 12.1. The molecule has 0 aromatic heterocycles. The molecule has 1 aromatic carbocycles. The van der Waals surface area contributed by atoms with Gasteiger partial charge in [0.1, 0.15) is 0 Å². The third kappa shape index (κ3) is 4.45. The number of hydrogen-bond donors (Lipinski definition) is 2. The predicted molar refractivity (Wildman–Crippen MR) is 78.9 cm³/mol. The molecule has 0 aliphatic heterocycles. The number of benzene rings is 1. The molecule has 0 fully saturated rings. The zero-order valence-corrected chi connectivity index (χ0v) is 13.1. The molecule has 6 heteroatoms. The monoisotopic (exact) mass is 304 g/mol. The van der Waals surface area contributed by atoms with E-state index in [-0.39, 0.29) is 10.9 Å². The van der Waals surface area contributed by atoms with Gasteiger partial charge in [0.15, 0.2) is 0 Å². The Morgan fingerprint density at radius 2 is 1.89 bits per heavy atom. The molecular formula is C13H21ClN2O2S. The van der Waals surface area contributed by atoms with Crippen molar-refractivity contribution in [2.75, 3.05) is 7.05 Å². The van der Waals surface area contributed by atoms with E-state index < -0.39 is 10.0 Å². The highest BCUT2D eigenvalue weighted by molar-refractivity contribution is 7.89. The Morgan fingerprint density at radius 1 is 1.26 bits per heavy atom. The van der Waals surface area contributed by atoms with Gasteiger partial charge in [-0.3, -0.25) is 0 Å². The molecule has 0 spiro atoms. The Balaban J connectivity index is 3.04. The van der Waals surface area contributed by atoms with Crippen molar-refractivity contribution in [2.45, 2.75) is 44.2 Å². The van der Waals surface area contributed by atoms with Crippen LogP contribution in [0.1, 0.15) is 32.3 Å². The van der Waals surface area contributed by atoms with Gasteiger partial charge in [-0.2, -0.15) is 0 Å². The lowest BCUT2D eigenvalue weighted by Crippen LogP contribution is -2.33. The minimum Gasteiger partial charge on any atom is -0.316 e. The van der Waals surface area contributed by atoms with Crippen LogP contribution in [0.3, 0.4) is 0 Å². The van der Waals surface area contributed by atoms with E-state index in [1.807, 2.05) is 13.8 Å². The molecule has 4 nitrogen and oxygen atoms in total. The first-order chi connectivity index (χ1) is 8.94. The summed E-state index contributed by atoms with van der Waals surface area (Å²) in [6.45, 7) is 4.46. The molecule has 2 N–H and O–H groups in total. The van der Waals surface area contributed by atoms with E-state index in [2.05, 4.69) is 10.0 Å². The third-order valence-corrected chi connectivity index (χ3v) is 4.89. The predicted octanol–water partition coefficient (Wildman–Crippen LogP) is 2.53. The number of sulfonamides is 1. The van der Waals surface area contributed by atoms with Gasteiger partial charge in [-0.05, 0) is 43.7 Å². The van der Waals surface area contributed by atoms with Crippen LogP contribution in [0.4, 0.5) is 0 Å². The van der Waals surface area contributed by atoms with Gasteiger partial charge in [0, 0.05) is 17.6 Å². The van der Waals surface area contributed by atoms with Gasteiger partial charge in [0.2, 0.25) is 10.0 Å². The SMILES string of the molecule is CCC(CC)NS(=O)(=O)c1ccc(Cl)c(CNC)c1. The molecule has 1 aromatic rings. The summed E-state index contributed by atoms with van der Waals surface area (Å²) in [5.74, 6) is 0. The van der Waals surface area contributed by atoms with E-state index in [1.165, 1.54) is 6.07 Å². The van der Waals surface area contributed by atoms with Crippen LogP contribution < -0.4 is 10.0 Å². The number of halogens is 1. The summed E-state index contributed by atoms with van der Waals surface area (Å²) in [5.41, 5.74) is 0.775. The lowest BCUT2D eigenvalue weighted by molar-refractivity contribution is 0.530. The highest BCUT2D eigenvalue weighted by Crippen LogP contribution is 2.21. The van der Waals surface area contributed by atoms with Crippen molar-refractivity contribution in [1.82, 2.24) is 10.0 Å². The van der Waals surface area contributed by atoms with E-state index in [4.69, 9.17) is 11.6 Å². The largest absolute Gasteiger partial charge is 0.316 e. The summed E-state index contributed by atoms with van der Waals surface area (Å²) < 4.78 is 27.2. The molecule has 1 rings (SSSR count). The van der Waals surface area contributed by atoms with Crippen molar-refractivity contribution in [2.24, 2.45) is 0 Å². The Labute approximate surface area is 120 Å². The molecule has 0 atom stereocenters. The van der Waals surface area contributed by atoms with Crippen molar-refractivity contribution in [3.05, 3.63) is 28.8 Å². The van der Waals surface area contributed by atoms with Gasteiger partial charge in [-0.15, -0.1) is 0 Å². The molecule has 0 saturated heterocycles. The Kier molecular flexibility index (Phi) is 6.26. The fraction of sp³-hybridized carbons (Fsp3) is 0.538. The lowest BCUT2D eigenvalue weighted by atomic mass is 10.2. The summed E-state index contributed by atoms with van der Waals surface area (Å²) in [5, 5.41) is 3.53. The third-order valence-electron chi connectivity index (χ3n) is 3.00. The van der Waals surface area contributed by atoms with Gasteiger partial charge >= 0.3 is 0 Å². The number of nitrogens with one attached hydrogen (secondary N) is 2. The highest BCUT2D eigenvalue weighted by Gasteiger charge is 2.18. The smallest absolute Gasteiger partial charge is 0.240 e. The second-order valence-electron chi connectivity index (χ2n) is 4.42. The topological polar surface area (TPSA) is 58.2 Å².